The number of halogens is 1. The molecule has 0 radical (unpaired) electrons. The highest BCUT2D eigenvalue weighted by atomic mass is 79.9. The molecule has 9 rings (SSSR count). The number of hydrogen-bond acceptors (Lipinski definition) is 4. The molecular weight excluding hydrogens is 727 g/mol. The highest BCUT2D eigenvalue weighted by molar-refractivity contribution is 9.10. The van der Waals surface area contributed by atoms with Gasteiger partial charge < -0.3 is 19.1 Å². The van der Waals surface area contributed by atoms with Crippen molar-refractivity contribution in [3.05, 3.63) is 172 Å². The van der Waals surface area contributed by atoms with E-state index in [1.54, 1.807) is 0 Å². The van der Waals surface area contributed by atoms with Crippen LogP contribution in [0.25, 0.3) is 0 Å². The van der Waals surface area contributed by atoms with Gasteiger partial charge in [0.05, 0.1) is 34.0 Å². The maximum atomic E-state index is 6.24. The van der Waals surface area contributed by atoms with Gasteiger partial charge in [-0.3, -0.25) is 0 Å². The Morgan fingerprint density at radius 3 is 1.04 bits per heavy atom. The van der Waals surface area contributed by atoms with Gasteiger partial charge in [0.15, 0.2) is 0 Å². The normalized spacial score (nSPS) is 18.1. The Hall–Kier alpha value is -4.62. The molecule has 54 heavy (non-hydrogen) atoms. The van der Waals surface area contributed by atoms with Gasteiger partial charge in [-0.1, -0.05) is 129 Å². The highest BCUT2D eigenvalue weighted by Gasteiger charge is 2.51. The fourth-order valence-electron chi connectivity index (χ4n) is 8.24. The van der Waals surface area contributed by atoms with E-state index >= 15 is 0 Å². The zero-order valence-corrected chi connectivity index (χ0v) is 34.1. The molecule has 0 aromatic heterocycles. The van der Waals surface area contributed by atoms with E-state index in [1.807, 2.05) is 0 Å². The molecule has 0 bridgehead atoms. The van der Waals surface area contributed by atoms with E-state index < -0.39 is 0 Å². The van der Waals surface area contributed by atoms with Gasteiger partial charge in [0, 0.05) is 26.7 Å². The average Bonchev–Trinajstić information content (AvgIpc) is 3.39. The van der Waals surface area contributed by atoms with E-state index in [-0.39, 0.29) is 29.2 Å². The number of nitrogens with zero attached hydrogens (tertiary/aromatic N) is 2. The van der Waals surface area contributed by atoms with Crippen LogP contribution in [-0.2, 0) is 20.1 Å². The fraction of sp³-hybridized carbons (Fsp3) is 0.250. The maximum Gasteiger partial charge on any atom is 0.494 e. The van der Waals surface area contributed by atoms with Crippen molar-refractivity contribution in [2.24, 2.45) is 0 Å². The third kappa shape index (κ3) is 6.00. The topological polar surface area (TPSA) is 24.9 Å². The lowest BCUT2D eigenvalue weighted by molar-refractivity contribution is 0.00578. The van der Waals surface area contributed by atoms with Crippen LogP contribution in [0.15, 0.2) is 150 Å². The van der Waals surface area contributed by atoms with E-state index in [4.69, 9.17) is 9.31 Å². The first kappa shape index (κ1) is 36.4. The summed E-state index contributed by atoms with van der Waals surface area (Å²) < 4.78 is 13.6. The van der Waals surface area contributed by atoms with Gasteiger partial charge in [-0.2, -0.15) is 0 Å². The number of anilines is 6. The molecule has 6 heteroatoms. The molecule has 6 aromatic carbocycles. The zero-order chi connectivity index (χ0) is 38.0. The van der Waals surface area contributed by atoms with Crippen molar-refractivity contribution in [3.63, 3.8) is 0 Å². The van der Waals surface area contributed by atoms with E-state index in [9.17, 15) is 0 Å². The molecule has 4 nitrogen and oxygen atoms in total. The first-order valence-corrected chi connectivity index (χ1v) is 19.7. The van der Waals surface area contributed by atoms with E-state index in [0.717, 1.165) is 15.6 Å². The van der Waals surface area contributed by atoms with Crippen molar-refractivity contribution in [1.29, 1.82) is 0 Å². The molecule has 3 heterocycles. The lowest BCUT2D eigenvalue weighted by Crippen LogP contribution is -2.41. The molecule has 0 aliphatic carbocycles. The standard InChI is InChI=1S/C27H30BNO2.C21H18BrN/c1-25(2)21-11-7-9-13-23(21)29(24-14-10-8-12-22(24)25)20-17-15-19(16-18-20)28-30-26(3,4)27(5,6)31-28;1-21(2)17-7-3-5-9-19(17)23(16-13-11-15(22)12-14-16)20-10-6-4-8-18(20)21/h7-18H,1-6H3;3-14H,1-2H3. The summed E-state index contributed by atoms with van der Waals surface area (Å²) in [6, 6.07) is 52.0. The molecule has 1 saturated heterocycles. The van der Waals surface area contributed by atoms with Crippen molar-refractivity contribution in [1.82, 2.24) is 0 Å². The quantitative estimate of drug-likeness (QED) is 0.167. The number of para-hydroxylation sites is 4. The third-order valence-electron chi connectivity index (χ3n) is 12.0. The Morgan fingerprint density at radius 1 is 0.407 bits per heavy atom. The molecule has 3 aliphatic heterocycles. The second-order valence-electron chi connectivity index (χ2n) is 16.6. The minimum Gasteiger partial charge on any atom is -0.399 e. The second-order valence-corrected chi connectivity index (χ2v) is 17.6. The van der Waals surface area contributed by atoms with Crippen molar-refractivity contribution in [2.75, 3.05) is 9.80 Å². The van der Waals surface area contributed by atoms with Gasteiger partial charge in [0.25, 0.3) is 0 Å². The van der Waals surface area contributed by atoms with E-state index in [1.165, 1.54) is 50.7 Å². The van der Waals surface area contributed by atoms with Crippen LogP contribution in [-0.4, -0.2) is 18.3 Å². The monoisotopic (exact) mass is 774 g/mol. The Kier molecular flexibility index (Phi) is 8.96. The highest BCUT2D eigenvalue weighted by Crippen LogP contribution is 2.53. The van der Waals surface area contributed by atoms with Crippen molar-refractivity contribution < 1.29 is 9.31 Å². The first-order valence-electron chi connectivity index (χ1n) is 18.9. The van der Waals surface area contributed by atoms with Crippen LogP contribution in [0.4, 0.5) is 34.1 Å². The summed E-state index contributed by atoms with van der Waals surface area (Å²) in [6.45, 7) is 17.6. The summed E-state index contributed by atoms with van der Waals surface area (Å²) in [5.41, 5.74) is 13.0. The van der Waals surface area contributed by atoms with Crippen LogP contribution in [0.5, 0.6) is 0 Å². The lowest BCUT2D eigenvalue weighted by Gasteiger charge is -2.42. The third-order valence-corrected chi connectivity index (χ3v) is 12.6. The first-order chi connectivity index (χ1) is 25.7. The predicted octanol–water partition coefficient (Wildman–Crippen LogP) is 12.7. The molecule has 1 fully saturated rings. The SMILES string of the molecule is CC1(C)c2ccccc2N(c2ccc(B3OC(C)(C)C(C)(C)O3)cc2)c2ccccc21.CC1(C)c2ccccc2N(c2ccc(Br)cc2)c2ccccc21. The molecule has 0 amide bonds. The Bertz CT molecular complexity index is 2220. The summed E-state index contributed by atoms with van der Waals surface area (Å²) in [7, 11) is -0.348. The number of rotatable bonds is 3. The molecule has 0 unspecified atom stereocenters. The van der Waals surface area contributed by atoms with Gasteiger partial charge in [0.1, 0.15) is 0 Å². The molecule has 272 valence electrons. The largest absolute Gasteiger partial charge is 0.494 e. The van der Waals surface area contributed by atoms with Crippen LogP contribution in [0.2, 0.25) is 0 Å². The Morgan fingerprint density at radius 2 is 0.704 bits per heavy atom. The Labute approximate surface area is 330 Å². The summed E-state index contributed by atoms with van der Waals surface area (Å²) >= 11 is 3.53. The molecule has 3 aliphatic rings. The van der Waals surface area contributed by atoms with E-state index in [0.29, 0.717) is 0 Å². The number of fused-ring (bicyclic) bond motifs is 4. The van der Waals surface area contributed by atoms with Gasteiger partial charge in [-0.15, -0.1) is 0 Å². The Balaban J connectivity index is 0.000000160. The molecular formula is C48H48BBrN2O2. The summed E-state index contributed by atoms with van der Waals surface area (Å²) in [4.78, 5) is 4.73. The average molecular weight is 776 g/mol. The van der Waals surface area contributed by atoms with Gasteiger partial charge >= 0.3 is 7.12 Å². The zero-order valence-electron chi connectivity index (χ0n) is 32.5. The second kappa shape index (κ2) is 13.3. The smallest absolute Gasteiger partial charge is 0.399 e. The van der Waals surface area contributed by atoms with Gasteiger partial charge in [0.2, 0.25) is 0 Å². The van der Waals surface area contributed by atoms with Gasteiger partial charge in [-0.25, -0.2) is 0 Å². The molecule has 6 aromatic rings. The minimum absolute atomic E-state index is 0.000942. The van der Waals surface area contributed by atoms with Crippen molar-refractivity contribution >= 4 is 62.6 Å². The summed E-state index contributed by atoms with van der Waals surface area (Å²) in [5.74, 6) is 0. The summed E-state index contributed by atoms with van der Waals surface area (Å²) in [6.07, 6.45) is 0. The van der Waals surface area contributed by atoms with E-state index in [2.05, 4.69) is 227 Å². The maximum absolute atomic E-state index is 6.24. The van der Waals surface area contributed by atoms with Crippen LogP contribution >= 0.6 is 15.9 Å². The lowest BCUT2D eigenvalue weighted by atomic mass is 9.73. The predicted molar refractivity (Wildman–Crippen MR) is 230 cm³/mol. The van der Waals surface area contributed by atoms with Crippen LogP contribution < -0.4 is 15.3 Å². The molecule has 0 atom stereocenters. The molecule has 0 saturated carbocycles. The molecule has 0 spiro atoms. The molecule has 0 N–H and O–H groups in total. The van der Waals surface area contributed by atoms with Crippen LogP contribution in [0.3, 0.4) is 0 Å². The number of hydrogen-bond donors (Lipinski definition) is 0. The fourth-order valence-corrected chi connectivity index (χ4v) is 8.51. The minimum atomic E-state index is -0.348. The van der Waals surface area contributed by atoms with Crippen LogP contribution in [0, 0.1) is 0 Å². The van der Waals surface area contributed by atoms with Crippen LogP contribution in [0.1, 0.15) is 77.6 Å². The van der Waals surface area contributed by atoms with Crippen molar-refractivity contribution in [2.45, 2.75) is 77.4 Å². The van der Waals surface area contributed by atoms with Gasteiger partial charge in [-0.05, 0) is 116 Å². The van der Waals surface area contributed by atoms with Crippen molar-refractivity contribution in [3.8, 4) is 0 Å². The summed E-state index contributed by atoms with van der Waals surface area (Å²) in [5, 5.41) is 0. The number of benzene rings is 6.